The minimum absolute atomic E-state index is 0.775. The lowest BCUT2D eigenvalue weighted by Gasteiger charge is -2.17. The summed E-state index contributed by atoms with van der Waals surface area (Å²) >= 11 is 0. The van der Waals surface area contributed by atoms with Gasteiger partial charge in [-0.05, 0) is 51.5 Å². The first-order chi connectivity index (χ1) is 7.13. The van der Waals surface area contributed by atoms with Crippen LogP contribution < -0.4 is 5.73 Å². The fourth-order valence-corrected chi connectivity index (χ4v) is 1.70. The lowest BCUT2D eigenvalue weighted by Crippen LogP contribution is -2.21. The van der Waals surface area contributed by atoms with Crippen molar-refractivity contribution in [2.45, 2.75) is 26.8 Å². The zero-order chi connectivity index (χ0) is 11.3. The van der Waals surface area contributed by atoms with E-state index in [1.54, 1.807) is 0 Å². The van der Waals surface area contributed by atoms with Gasteiger partial charge in [-0.1, -0.05) is 23.8 Å². The molecule has 2 nitrogen and oxygen atoms in total. The molecular formula is C13H22N2. The third kappa shape index (κ3) is 4.02. The maximum absolute atomic E-state index is 5.50. The van der Waals surface area contributed by atoms with Gasteiger partial charge in [-0.15, -0.1) is 0 Å². The Labute approximate surface area is 93.1 Å². The van der Waals surface area contributed by atoms with Crippen molar-refractivity contribution in [2.75, 3.05) is 20.1 Å². The third-order valence-corrected chi connectivity index (χ3v) is 2.69. The van der Waals surface area contributed by atoms with Gasteiger partial charge in [0.05, 0.1) is 0 Å². The summed E-state index contributed by atoms with van der Waals surface area (Å²) in [4.78, 5) is 2.33. The van der Waals surface area contributed by atoms with Crippen LogP contribution >= 0.6 is 0 Å². The maximum Gasteiger partial charge on any atom is 0.0233 e. The zero-order valence-corrected chi connectivity index (χ0v) is 10.1. The molecule has 0 spiro atoms. The summed E-state index contributed by atoms with van der Waals surface area (Å²) in [6, 6.07) is 6.63. The summed E-state index contributed by atoms with van der Waals surface area (Å²) in [6.45, 7) is 7.18. The van der Waals surface area contributed by atoms with Crippen LogP contribution in [0.1, 0.15) is 23.1 Å². The Kier molecular flexibility index (Phi) is 4.79. The van der Waals surface area contributed by atoms with Crippen LogP contribution in [0.3, 0.4) is 0 Å². The topological polar surface area (TPSA) is 29.3 Å². The molecule has 0 unspecified atom stereocenters. The summed E-state index contributed by atoms with van der Waals surface area (Å²) in [6.07, 6.45) is 1.07. The van der Waals surface area contributed by atoms with E-state index in [0.29, 0.717) is 0 Å². The third-order valence-electron chi connectivity index (χ3n) is 2.69. The molecule has 84 valence electrons. The van der Waals surface area contributed by atoms with E-state index in [1.807, 2.05) is 0 Å². The highest BCUT2D eigenvalue weighted by atomic mass is 15.1. The van der Waals surface area contributed by atoms with Gasteiger partial charge in [0.25, 0.3) is 0 Å². The average Bonchev–Trinajstić information content (AvgIpc) is 2.20. The molecule has 0 saturated carbocycles. The summed E-state index contributed by atoms with van der Waals surface area (Å²) in [7, 11) is 2.15. The quantitative estimate of drug-likeness (QED) is 0.799. The molecule has 0 aliphatic carbocycles. The van der Waals surface area contributed by atoms with Crippen LogP contribution in [0.15, 0.2) is 18.2 Å². The van der Waals surface area contributed by atoms with E-state index in [1.165, 1.54) is 16.7 Å². The molecule has 0 radical (unpaired) electrons. The van der Waals surface area contributed by atoms with E-state index in [0.717, 1.165) is 26.1 Å². The fraction of sp³-hybridized carbons (Fsp3) is 0.538. The largest absolute Gasteiger partial charge is 0.330 e. The van der Waals surface area contributed by atoms with Crippen molar-refractivity contribution in [3.05, 3.63) is 34.9 Å². The van der Waals surface area contributed by atoms with Crippen molar-refractivity contribution in [1.29, 1.82) is 0 Å². The number of hydrogen-bond donors (Lipinski definition) is 1. The molecule has 1 rings (SSSR count). The Balaban J connectivity index is 2.59. The smallest absolute Gasteiger partial charge is 0.0233 e. The van der Waals surface area contributed by atoms with Crippen LogP contribution in [0.4, 0.5) is 0 Å². The van der Waals surface area contributed by atoms with Crippen LogP contribution in [0.5, 0.6) is 0 Å². The lowest BCUT2D eigenvalue weighted by atomic mass is 10.1. The second-order valence-corrected chi connectivity index (χ2v) is 4.31. The van der Waals surface area contributed by atoms with Crippen molar-refractivity contribution >= 4 is 0 Å². The molecule has 2 heteroatoms. The van der Waals surface area contributed by atoms with Gasteiger partial charge in [0, 0.05) is 6.54 Å². The molecule has 1 aromatic carbocycles. The van der Waals surface area contributed by atoms with Gasteiger partial charge in [0.2, 0.25) is 0 Å². The highest BCUT2D eigenvalue weighted by Gasteiger charge is 2.02. The Bertz CT molecular complexity index is 307. The molecule has 0 heterocycles. The average molecular weight is 206 g/mol. The summed E-state index contributed by atoms with van der Waals surface area (Å²) in [5, 5.41) is 0. The fourth-order valence-electron chi connectivity index (χ4n) is 1.70. The molecule has 0 aliphatic rings. The van der Waals surface area contributed by atoms with E-state index in [-0.39, 0.29) is 0 Å². The van der Waals surface area contributed by atoms with E-state index in [9.17, 15) is 0 Å². The minimum atomic E-state index is 0.775. The van der Waals surface area contributed by atoms with Gasteiger partial charge >= 0.3 is 0 Å². The van der Waals surface area contributed by atoms with E-state index < -0.39 is 0 Å². The number of aryl methyl sites for hydroxylation is 2. The molecule has 1 aromatic rings. The molecule has 0 aliphatic heterocycles. The predicted octanol–water partition coefficient (Wildman–Crippen LogP) is 2.08. The first-order valence-electron chi connectivity index (χ1n) is 5.58. The van der Waals surface area contributed by atoms with Gasteiger partial charge in [0.1, 0.15) is 0 Å². The Morgan fingerprint density at radius 2 is 2.00 bits per heavy atom. The molecule has 15 heavy (non-hydrogen) atoms. The number of nitrogens with two attached hydrogens (primary N) is 1. The van der Waals surface area contributed by atoms with Crippen LogP contribution in [0.25, 0.3) is 0 Å². The summed E-state index contributed by atoms with van der Waals surface area (Å²) < 4.78 is 0. The molecule has 0 amide bonds. The lowest BCUT2D eigenvalue weighted by molar-refractivity contribution is 0.323. The van der Waals surface area contributed by atoms with Crippen molar-refractivity contribution < 1.29 is 0 Å². The molecule has 0 saturated heterocycles. The second-order valence-electron chi connectivity index (χ2n) is 4.31. The van der Waals surface area contributed by atoms with Gasteiger partial charge in [-0.25, -0.2) is 0 Å². The van der Waals surface area contributed by atoms with E-state index >= 15 is 0 Å². The van der Waals surface area contributed by atoms with Crippen LogP contribution in [-0.4, -0.2) is 25.0 Å². The Morgan fingerprint density at radius 1 is 1.27 bits per heavy atom. The number of rotatable bonds is 5. The van der Waals surface area contributed by atoms with Crippen molar-refractivity contribution in [3.8, 4) is 0 Å². The normalized spacial score (nSPS) is 11.0. The van der Waals surface area contributed by atoms with Crippen molar-refractivity contribution in [1.82, 2.24) is 4.90 Å². The summed E-state index contributed by atoms with van der Waals surface area (Å²) in [5.41, 5.74) is 9.63. The number of nitrogens with zero attached hydrogens (tertiary/aromatic N) is 1. The zero-order valence-electron chi connectivity index (χ0n) is 10.1. The van der Waals surface area contributed by atoms with Crippen molar-refractivity contribution in [3.63, 3.8) is 0 Å². The molecular weight excluding hydrogens is 184 g/mol. The Hall–Kier alpha value is -0.860. The van der Waals surface area contributed by atoms with Crippen LogP contribution in [0.2, 0.25) is 0 Å². The van der Waals surface area contributed by atoms with E-state index in [2.05, 4.69) is 44.0 Å². The van der Waals surface area contributed by atoms with Crippen LogP contribution in [-0.2, 0) is 6.54 Å². The molecule has 2 N–H and O–H groups in total. The monoisotopic (exact) mass is 206 g/mol. The van der Waals surface area contributed by atoms with E-state index in [4.69, 9.17) is 5.73 Å². The highest BCUT2D eigenvalue weighted by molar-refractivity contribution is 5.30. The van der Waals surface area contributed by atoms with Crippen LogP contribution in [0, 0.1) is 13.8 Å². The van der Waals surface area contributed by atoms with Crippen molar-refractivity contribution in [2.24, 2.45) is 5.73 Å². The second kappa shape index (κ2) is 5.89. The number of hydrogen-bond acceptors (Lipinski definition) is 2. The first-order valence-corrected chi connectivity index (χ1v) is 5.58. The standard InChI is InChI=1S/C13H22N2/c1-11-5-6-12(2)13(9-11)10-15(3)8-4-7-14/h5-6,9H,4,7-8,10,14H2,1-3H3. The molecule has 0 fully saturated rings. The summed E-state index contributed by atoms with van der Waals surface area (Å²) in [5.74, 6) is 0. The van der Waals surface area contributed by atoms with Gasteiger partial charge in [-0.3, -0.25) is 0 Å². The highest BCUT2D eigenvalue weighted by Crippen LogP contribution is 2.12. The predicted molar refractivity (Wildman–Crippen MR) is 65.9 cm³/mol. The first kappa shape index (κ1) is 12.2. The van der Waals surface area contributed by atoms with Gasteiger partial charge in [-0.2, -0.15) is 0 Å². The number of benzene rings is 1. The SMILES string of the molecule is Cc1ccc(C)c(CN(C)CCCN)c1. The molecule has 0 aromatic heterocycles. The molecule has 0 bridgehead atoms. The maximum atomic E-state index is 5.50. The molecule has 0 atom stereocenters. The Morgan fingerprint density at radius 3 is 2.67 bits per heavy atom. The van der Waals surface area contributed by atoms with Gasteiger partial charge < -0.3 is 10.6 Å². The minimum Gasteiger partial charge on any atom is -0.330 e. The van der Waals surface area contributed by atoms with Gasteiger partial charge in [0.15, 0.2) is 0 Å².